The molecule has 1 aliphatic heterocycles. The van der Waals surface area contributed by atoms with Crippen molar-refractivity contribution >= 4 is 29.0 Å². The maximum absolute atomic E-state index is 11.3. The van der Waals surface area contributed by atoms with E-state index in [0.29, 0.717) is 12.2 Å². The number of hydrogen-bond donors (Lipinski definition) is 4. The predicted octanol–water partition coefficient (Wildman–Crippen LogP) is 0.886. The highest BCUT2D eigenvalue weighted by Crippen LogP contribution is 2.33. The third-order valence-electron chi connectivity index (χ3n) is 2.68. The zero-order valence-electron chi connectivity index (χ0n) is 9.85. The molecule has 1 unspecified atom stereocenters. The van der Waals surface area contributed by atoms with Crippen LogP contribution in [0.3, 0.4) is 0 Å². The molecular formula is C12H16N2O3S. The number of amides is 1. The summed E-state index contributed by atoms with van der Waals surface area (Å²) in [4.78, 5) is 12.3. The molecule has 0 radical (unpaired) electrons. The van der Waals surface area contributed by atoms with Crippen molar-refractivity contribution in [2.24, 2.45) is 0 Å². The molecular weight excluding hydrogens is 252 g/mol. The van der Waals surface area contributed by atoms with Gasteiger partial charge in [0.25, 0.3) is 0 Å². The molecule has 4 N–H and O–H groups in total. The molecule has 1 aromatic rings. The highest BCUT2D eigenvalue weighted by atomic mass is 32.2. The van der Waals surface area contributed by atoms with Gasteiger partial charge in [-0.25, -0.2) is 0 Å². The smallest absolute Gasteiger partial charge is 0.234 e. The van der Waals surface area contributed by atoms with E-state index < -0.39 is 0 Å². The van der Waals surface area contributed by atoms with E-state index in [1.165, 1.54) is 11.8 Å². The number of benzene rings is 1. The Hall–Kier alpha value is -1.24. The molecule has 0 saturated heterocycles. The number of carbonyl (C=O) groups is 1. The van der Waals surface area contributed by atoms with Crippen LogP contribution < -0.4 is 10.6 Å². The number of thioether (sulfide) groups is 1. The SMILES string of the molecule is O=C1CSc2ccc(NC(CO)CCO)cc2N1. The monoisotopic (exact) mass is 268 g/mol. The van der Waals surface area contributed by atoms with Gasteiger partial charge in [0.1, 0.15) is 0 Å². The van der Waals surface area contributed by atoms with Gasteiger partial charge < -0.3 is 20.8 Å². The van der Waals surface area contributed by atoms with Crippen molar-refractivity contribution in [2.75, 3.05) is 29.6 Å². The molecule has 1 aromatic carbocycles. The van der Waals surface area contributed by atoms with E-state index in [-0.39, 0.29) is 25.2 Å². The van der Waals surface area contributed by atoms with Crippen molar-refractivity contribution in [3.8, 4) is 0 Å². The molecule has 98 valence electrons. The summed E-state index contributed by atoms with van der Waals surface area (Å²) < 4.78 is 0. The Morgan fingerprint density at radius 1 is 1.44 bits per heavy atom. The van der Waals surface area contributed by atoms with Crippen LogP contribution in [0, 0.1) is 0 Å². The summed E-state index contributed by atoms with van der Waals surface area (Å²) >= 11 is 1.51. The van der Waals surface area contributed by atoms with Crippen molar-refractivity contribution in [3.63, 3.8) is 0 Å². The van der Waals surface area contributed by atoms with Crippen LogP contribution in [0.5, 0.6) is 0 Å². The minimum atomic E-state index is -0.181. The van der Waals surface area contributed by atoms with Crippen LogP contribution in [0.2, 0.25) is 0 Å². The summed E-state index contributed by atoms with van der Waals surface area (Å²) in [5.74, 6) is 0.447. The van der Waals surface area contributed by atoms with Gasteiger partial charge in [-0.3, -0.25) is 4.79 Å². The van der Waals surface area contributed by atoms with Crippen LogP contribution in [-0.2, 0) is 4.79 Å². The summed E-state index contributed by atoms with van der Waals surface area (Å²) in [6.45, 7) is -0.0193. The Bertz CT molecular complexity index is 439. The number of anilines is 2. The normalized spacial score (nSPS) is 15.8. The molecule has 5 nitrogen and oxygen atoms in total. The second-order valence-electron chi connectivity index (χ2n) is 4.08. The fourth-order valence-corrected chi connectivity index (χ4v) is 2.56. The van der Waals surface area contributed by atoms with Gasteiger partial charge in [0.2, 0.25) is 5.91 Å². The minimum Gasteiger partial charge on any atom is -0.396 e. The van der Waals surface area contributed by atoms with E-state index in [1.54, 1.807) is 0 Å². The Morgan fingerprint density at radius 2 is 2.28 bits per heavy atom. The van der Waals surface area contributed by atoms with E-state index in [9.17, 15) is 4.79 Å². The number of carbonyl (C=O) groups excluding carboxylic acids is 1. The lowest BCUT2D eigenvalue weighted by atomic mass is 10.2. The van der Waals surface area contributed by atoms with E-state index in [4.69, 9.17) is 10.2 Å². The summed E-state index contributed by atoms with van der Waals surface area (Å²) in [7, 11) is 0. The average Bonchev–Trinajstić information content (AvgIpc) is 2.37. The Balaban J connectivity index is 2.10. The first-order valence-electron chi connectivity index (χ1n) is 5.78. The number of aliphatic hydroxyl groups excluding tert-OH is 2. The van der Waals surface area contributed by atoms with Crippen molar-refractivity contribution in [1.82, 2.24) is 0 Å². The lowest BCUT2D eigenvalue weighted by Gasteiger charge is -2.20. The zero-order valence-corrected chi connectivity index (χ0v) is 10.7. The van der Waals surface area contributed by atoms with Gasteiger partial charge in [-0.15, -0.1) is 11.8 Å². The lowest BCUT2D eigenvalue weighted by molar-refractivity contribution is -0.113. The predicted molar refractivity (Wildman–Crippen MR) is 72.0 cm³/mol. The number of fused-ring (bicyclic) bond motifs is 1. The van der Waals surface area contributed by atoms with E-state index >= 15 is 0 Å². The number of aliphatic hydroxyl groups is 2. The summed E-state index contributed by atoms with van der Waals surface area (Å²) in [6.07, 6.45) is 0.481. The molecule has 0 aromatic heterocycles. The van der Waals surface area contributed by atoms with Gasteiger partial charge in [0, 0.05) is 17.2 Å². The average molecular weight is 268 g/mol. The summed E-state index contributed by atoms with van der Waals surface area (Å²) in [5, 5.41) is 23.9. The van der Waals surface area contributed by atoms with Crippen LogP contribution in [0.15, 0.2) is 23.1 Å². The van der Waals surface area contributed by atoms with Gasteiger partial charge in [-0.05, 0) is 24.6 Å². The van der Waals surface area contributed by atoms with Crippen molar-refractivity contribution in [2.45, 2.75) is 17.4 Å². The number of nitrogens with one attached hydrogen (secondary N) is 2. The molecule has 1 heterocycles. The quantitative estimate of drug-likeness (QED) is 0.637. The molecule has 6 heteroatoms. The maximum Gasteiger partial charge on any atom is 0.234 e. The number of hydrogen-bond acceptors (Lipinski definition) is 5. The third-order valence-corrected chi connectivity index (χ3v) is 3.75. The highest BCUT2D eigenvalue weighted by molar-refractivity contribution is 8.00. The van der Waals surface area contributed by atoms with Gasteiger partial charge in [0.05, 0.1) is 24.1 Å². The fourth-order valence-electron chi connectivity index (χ4n) is 1.77. The Kier molecular flexibility index (Phi) is 4.46. The summed E-state index contributed by atoms with van der Waals surface area (Å²) in [6, 6.07) is 5.51. The Morgan fingerprint density at radius 3 is 3.00 bits per heavy atom. The molecule has 1 aliphatic rings. The van der Waals surface area contributed by atoms with Crippen LogP contribution in [0.1, 0.15) is 6.42 Å². The van der Waals surface area contributed by atoms with Crippen LogP contribution >= 0.6 is 11.8 Å². The first-order valence-corrected chi connectivity index (χ1v) is 6.76. The molecule has 1 atom stereocenters. The topological polar surface area (TPSA) is 81.6 Å². The first kappa shape index (κ1) is 13.2. The van der Waals surface area contributed by atoms with Crippen LogP contribution in [0.25, 0.3) is 0 Å². The minimum absolute atomic E-state index is 0.00119. The van der Waals surface area contributed by atoms with Gasteiger partial charge in [0.15, 0.2) is 0 Å². The fraction of sp³-hybridized carbons (Fsp3) is 0.417. The molecule has 0 spiro atoms. The molecule has 0 bridgehead atoms. The second kappa shape index (κ2) is 6.08. The molecule has 0 fully saturated rings. The van der Waals surface area contributed by atoms with Crippen molar-refractivity contribution < 1.29 is 15.0 Å². The van der Waals surface area contributed by atoms with Gasteiger partial charge in [-0.2, -0.15) is 0 Å². The molecule has 2 rings (SSSR count). The van der Waals surface area contributed by atoms with Gasteiger partial charge >= 0.3 is 0 Å². The summed E-state index contributed by atoms with van der Waals surface area (Å²) in [5.41, 5.74) is 1.62. The standard InChI is InChI=1S/C12H16N2O3S/c15-4-3-9(6-16)13-8-1-2-11-10(5-8)14-12(17)7-18-11/h1-2,5,9,13,15-16H,3-4,6-7H2,(H,14,17). The molecule has 18 heavy (non-hydrogen) atoms. The molecule has 1 amide bonds. The second-order valence-corrected chi connectivity index (χ2v) is 5.10. The largest absolute Gasteiger partial charge is 0.396 e. The van der Waals surface area contributed by atoms with E-state index in [0.717, 1.165) is 16.3 Å². The highest BCUT2D eigenvalue weighted by Gasteiger charge is 2.16. The molecule has 0 aliphatic carbocycles. The van der Waals surface area contributed by atoms with Crippen molar-refractivity contribution in [3.05, 3.63) is 18.2 Å². The first-order chi connectivity index (χ1) is 8.72. The van der Waals surface area contributed by atoms with E-state index in [1.807, 2.05) is 18.2 Å². The number of rotatable bonds is 5. The third kappa shape index (κ3) is 3.16. The van der Waals surface area contributed by atoms with Crippen LogP contribution in [0.4, 0.5) is 11.4 Å². The zero-order chi connectivity index (χ0) is 13.0. The van der Waals surface area contributed by atoms with Crippen molar-refractivity contribution in [1.29, 1.82) is 0 Å². The lowest BCUT2D eigenvalue weighted by Crippen LogP contribution is -2.25. The maximum atomic E-state index is 11.3. The van der Waals surface area contributed by atoms with E-state index in [2.05, 4.69) is 10.6 Å². The Labute approximate surface area is 110 Å². The van der Waals surface area contributed by atoms with Gasteiger partial charge in [-0.1, -0.05) is 0 Å². The molecule has 0 saturated carbocycles. The van der Waals surface area contributed by atoms with Crippen LogP contribution in [-0.4, -0.2) is 41.1 Å².